The highest BCUT2D eigenvalue weighted by molar-refractivity contribution is 5.98. The molecule has 4 atom stereocenters. The van der Waals surface area contributed by atoms with Crippen LogP contribution in [0.25, 0.3) is 0 Å². The van der Waals surface area contributed by atoms with Gasteiger partial charge in [-0.3, -0.25) is 29.1 Å². The maximum absolute atomic E-state index is 12.8. The highest BCUT2D eigenvalue weighted by atomic mass is 16.2. The third kappa shape index (κ3) is 8.16. The van der Waals surface area contributed by atoms with Gasteiger partial charge in [-0.05, 0) is 36.1 Å². The second kappa shape index (κ2) is 13.8. The van der Waals surface area contributed by atoms with Crippen molar-refractivity contribution in [1.29, 1.82) is 0 Å². The molecule has 188 valence electrons. The maximum atomic E-state index is 12.8. The molecule has 4 amide bonds. The van der Waals surface area contributed by atoms with Crippen LogP contribution in [0.5, 0.6) is 0 Å². The van der Waals surface area contributed by atoms with Crippen LogP contribution in [0, 0.1) is 11.8 Å². The Hall–Kier alpha value is -3.82. The second-order valence-electron chi connectivity index (χ2n) is 8.40. The molecule has 0 aliphatic heterocycles. The maximum Gasteiger partial charge on any atom is 0.252 e. The Morgan fingerprint density at radius 2 is 1.03 bits per heavy atom. The largest absolute Gasteiger partial charge is 0.340 e. The Kier molecular flexibility index (Phi) is 10.8. The molecule has 4 unspecified atom stereocenters. The number of nitrogens with zero attached hydrogens (tertiary/aromatic N) is 2. The summed E-state index contributed by atoms with van der Waals surface area (Å²) in [6.07, 6.45) is 7.35. The summed E-state index contributed by atoms with van der Waals surface area (Å²) in [6.45, 7) is 7.43. The number of rotatable bonds is 12. The fourth-order valence-corrected chi connectivity index (χ4v) is 3.30. The molecule has 0 saturated heterocycles. The van der Waals surface area contributed by atoms with Crippen LogP contribution in [0.1, 0.15) is 61.3 Å². The van der Waals surface area contributed by atoms with Crippen LogP contribution < -0.4 is 21.3 Å². The SMILES string of the molecule is CCC(C)C(NC(=O)c1ccncc1)C(=O)NCNC(=O)C(NC(=O)c1ccncc1)C(C)CC. The Morgan fingerprint density at radius 3 is 1.34 bits per heavy atom. The van der Waals surface area contributed by atoms with Crippen LogP contribution in [0.3, 0.4) is 0 Å². The van der Waals surface area contributed by atoms with E-state index in [9.17, 15) is 19.2 Å². The van der Waals surface area contributed by atoms with Crippen LogP contribution in [-0.4, -0.2) is 52.3 Å². The van der Waals surface area contributed by atoms with E-state index in [0.717, 1.165) is 0 Å². The molecular weight excluding hydrogens is 448 g/mol. The number of carbonyl (C=O) groups is 4. The lowest BCUT2D eigenvalue weighted by atomic mass is 9.97. The lowest BCUT2D eigenvalue weighted by Crippen LogP contribution is -2.55. The molecule has 0 radical (unpaired) electrons. The van der Waals surface area contributed by atoms with E-state index in [2.05, 4.69) is 31.2 Å². The molecule has 4 N–H and O–H groups in total. The van der Waals surface area contributed by atoms with Crippen molar-refractivity contribution in [2.45, 2.75) is 52.6 Å². The van der Waals surface area contributed by atoms with Crippen LogP contribution in [0.15, 0.2) is 49.1 Å². The smallest absolute Gasteiger partial charge is 0.252 e. The monoisotopic (exact) mass is 482 g/mol. The summed E-state index contributed by atoms with van der Waals surface area (Å²) in [5, 5.41) is 10.9. The van der Waals surface area contributed by atoms with Crippen LogP contribution in [0.2, 0.25) is 0 Å². The zero-order valence-corrected chi connectivity index (χ0v) is 20.6. The number of amides is 4. The predicted octanol–water partition coefficient (Wildman–Crippen LogP) is 1.66. The molecule has 2 aromatic heterocycles. The van der Waals surface area contributed by atoms with Crippen molar-refractivity contribution in [1.82, 2.24) is 31.2 Å². The van der Waals surface area contributed by atoms with Gasteiger partial charge in [-0.15, -0.1) is 0 Å². The fourth-order valence-electron chi connectivity index (χ4n) is 3.30. The lowest BCUT2D eigenvalue weighted by molar-refractivity contribution is -0.126. The van der Waals surface area contributed by atoms with Gasteiger partial charge in [0, 0.05) is 35.9 Å². The highest BCUT2D eigenvalue weighted by Gasteiger charge is 2.28. The van der Waals surface area contributed by atoms with Gasteiger partial charge >= 0.3 is 0 Å². The van der Waals surface area contributed by atoms with Gasteiger partial charge in [-0.2, -0.15) is 0 Å². The summed E-state index contributed by atoms with van der Waals surface area (Å²) in [7, 11) is 0. The van der Waals surface area contributed by atoms with Crippen LogP contribution in [-0.2, 0) is 9.59 Å². The second-order valence-corrected chi connectivity index (χ2v) is 8.40. The van der Waals surface area contributed by atoms with E-state index in [0.29, 0.717) is 24.0 Å². The summed E-state index contributed by atoms with van der Waals surface area (Å²) in [5.74, 6) is -1.86. The van der Waals surface area contributed by atoms with Gasteiger partial charge in [0.15, 0.2) is 0 Å². The fraction of sp³-hybridized carbons (Fsp3) is 0.440. The van der Waals surface area contributed by atoms with E-state index in [1.54, 1.807) is 24.3 Å². The number of hydrogen-bond donors (Lipinski definition) is 4. The Balaban J connectivity index is 1.97. The molecule has 0 saturated carbocycles. The average molecular weight is 483 g/mol. The van der Waals surface area contributed by atoms with E-state index in [1.165, 1.54) is 24.8 Å². The van der Waals surface area contributed by atoms with Crippen molar-refractivity contribution in [3.8, 4) is 0 Å². The Morgan fingerprint density at radius 1 is 0.686 bits per heavy atom. The van der Waals surface area contributed by atoms with E-state index >= 15 is 0 Å². The first kappa shape index (κ1) is 27.4. The summed E-state index contributed by atoms with van der Waals surface area (Å²) < 4.78 is 0. The summed E-state index contributed by atoms with van der Waals surface area (Å²) in [5.41, 5.74) is 0.798. The molecule has 10 nitrogen and oxygen atoms in total. The number of nitrogens with one attached hydrogen (secondary N) is 4. The first-order chi connectivity index (χ1) is 16.8. The number of pyridine rings is 2. The molecule has 2 aromatic rings. The van der Waals surface area contributed by atoms with Crippen molar-refractivity contribution in [2.75, 3.05) is 6.67 Å². The summed E-state index contributed by atoms with van der Waals surface area (Å²) in [6, 6.07) is 4.70. The molecule has 0 aliphatic rings. The van der Waals surface area contributed by atoms with Crippen molar-refractivity contribution in [3.05, 3.63) is 60.2 Å². The molecule has 0 aliphatic carbocycles. The van der Waals surface area contributed by atoms with E-state index < -0.39 is 23.9 Å². The third-order valence-electron chi connectivity index (χ3n) is 5.97. The van der Waals surface area contributed by atoms with Crippen molar-refractivity contribution >= 4 is 23.6 Å². The predicted molar refractivity (Wildman–Crippen MR) is 131 cm³/mol. The number of carbonyl (C=O) groups excluding carboxylic acids is 4. The molecule has 0 aromatic carbocycles. The topological polar surface area (TPSA) is 142 Å². The van der Waals surface area contributed by atoms with Crippen molar-refractivity contribution < 1.29 is 19.2 Å². The van der Waals surface area contributed by atoms with Gasteiger partial charge in [0.25, 0.3) is 11.8 Å². The normalized spacial score (nSPS) is 14.1. The van der Waals surface area contributed by atoms with Gasteiger partial charge in [0.05, 0.1) is 6.67 Å². The van der Waals surface area contributed by atoms with Gasteiger partial charge in [0.2, 0.25) is 11.8 Å². The van der Waals surface area contributed by atoms with E-state index in [4.69, 9.17) is 0 Å². The standard InChI is InChI=1S/C25H34N6O4/c1-5-16(3)20(30-22(32)18-7-11-26-12-8-18)24(34)28-15-29-25(35)21(17(4)6-2)31-23(33)19-9-13-27-14-10-19/h7-14,16-17,20-21H,5-6,15H2,1-4H3,(H,28,34)(H,29,35)(H,30,32)(H,31,33). The van der Waals surface area contributed by atoms with Gasteiger partial charge < -0.3 is 21.3 Å². The number of hydrogen-bond acceptors (Lipinski definition) is 6. The summed E-state index contributed by atoms with van der Waals surface area (Å²) >= 11 is 0. The molecule has 0 spiro atoms. The van der Waals surface area contributed by atoms with Gasteiger partial charge in [0.1, 0.15) is 12.1 Å². The quantitative estimate of drug-likeness (QED) is 0.339. The molecule has 0 bridgehead atoms. The highest BCUT2D eigenvalue weighted by Crippen LogP contribution is 2.11. The zero-order chi connectivity index (χ0) is 25.8. The molecule has 0 fully saturated rings. The Bertz CT molecular complexity index is 906. The first-order valence-electron chi connectivity index (χ1n) is 11.8. The van der Waals surface area contributed by atoms with E-state index in [-0.39, 0.29) is 30.3 Å². The van der Waals surface area contributed by atoms with Crippen molar-refractivity contribution in [3.63, 3.8) is 0 Å². The van der Waals surface area contributed by atoms with Gasteiger partial charge in [-0.1, -0.05) is 40.5 Å². The lowest BCUT2D eigenvalue weighted by Gasteiger charge is -2.25. The third-order valence-corrected chi connectivity index (χ3v) is 5.97. The zero-order valence-electron chi connectivity index (χ0n) is 20.6. The number of aromatic nitrogens is 2. The van der Waals surface area contributed by atoms with Crippen molar-refractivity contribution in [2.24, 2.45) is 11.8 Å². The molecule has 2 heterocycles. The molecule has 35 heavy (non-hydrogen) atoms. The first-order valence-corrected chi connectivity index (χ1v) is 11.8. The van der Waals surface area contributed by atoms with E-state index in [1.807, 2.05) is 27.7 Å². The van der Waals surface area contributed by atoms with Crippen LogP contribution >= 0.6 is 0 Å². The minimum absolute atomic E-state index is 0.135. The molecule has 10 heteroatoms. The molecule has 2 rings (SSSR count). The average Bonchev–Trinajstić information content (AvgIpc) is 2.89. The Labute approximate surface area is 205 Å². The minimum atomic E-state index is -0.783. The molecular formula is C25H34N6O4. The summed E-state index contributed by atoms with van der Waals surface area (Å²) in [4.78, 5) is 58.6. The van der Waals surface area contributed by atoms with Gasteiger partial charge in [-0.25, -0.2) is 0 Å². The minimum Gasteiger partial charge on any atom is -0.340 e. The van der Waals surface area contributed by atoms with Crippen LogP contribution in [0.4, 0.5) is 0 Å².